The van der Waals surface area contributed by atoms with Crippen LogP contribution in [-0.2, 0) is 24.1 Å². The number of aliphatic carboxylic acids is 1. The Labute approximate surface area is 127 Å². The summed E-state index contributed by atoms with van der Waals surface area (Å²) in [5.41, 5.74) is 1.31. The molecule has 0 amide bonds. The average Bonchev–Trinajstić information content (AvgIpc) is 2.83. The molecule has 1 N–H and O–H groups in total. The summed E-state index contributed by atoms with van der Waals surface area (Å²) >= 11 is 6.05. The zero-order valence-electron chi connectivity index (χ0n) is 11.3. The number of rotatable bonds is 3. The van der Waals surface area contributed by atoms with Gasteiger partial charge in [-0.15, -0.1) is 0 Å². The molecule has 0 fully saturated rings. The number of fused-ring (bicyclic) bond motifs is 1. The topological polar surface area (TPSA) is 37.3 Å². The van der Waals surface area contributed by atoms with Crippen LogP contribution in [0.25, 0.3) is 0 Å². The molecule has 21 heavy (non-hydrogen) atoms. The third-order valence-corrected chi connectivity index (χ3v) is 4.56. The normalized spacial score (nSPS) is 15.7. The fraction of sp³-hybridized carbons (Fsp3) is 0.235. The van der Waals surface area contributed by atoms with E-state index in [2.05, 4.69) is 0 Å². The van der Waals surface area contributed by atoms with Crippen LogP contribution in [0.3, 0.4) is 0 Å². The lowest BCUT2D eigenvalue weighted by Crippen LogP contribution is -2.34. The van der Waals surface area contributed by atoms with Crippen molar-refractivity contribution in [1.29, 1.82) is 0 Å². The minimum absolute atomic E-state index is 0.0997. The molecular formula is C17H14ClFO2. The lowest BCUT2D eigenvalue weighted by Gasteiger charge is -2.24. The van der Waals surface area contributed by atoms with Crippen molar-refractivity contribution in [3.8, 4) is 0 Å². The van der Waals surface area contributed by atoms with Crippen molar-refractivity contribution in [2.75, 3.05) is 0 Å². The van der Waals surface area contributed by atoms with Crippen molar-refractivity contribution >= 4 is 17.6 Å². The minimum Gasteiger partial charge on any atom is -0.481 e. The van der Waals surface area contributed by atoms with E-state index in [1.807, 2.05) is 24.3 Å². The van der Waals surface area contributed by atoms with E-state index in [4.69, 9.17) is 11.6 Å². The SMILES string of the molecule is O=C(O)C1(Cc2c(F)cccc2Cl)Cc2ccccc2C1. The maximum Gasteiger partial charge on any atom is 0.310 e. The highest BCUT2D eigenvalue weighted by Gasteiger charge is 2.44. The third-order valence-electron chi connectivity index (χ3n) is 4.21. The molecule has 2 aromatic rings. The maximum atomic E-state index is 14.0. The van der Waals surface area contributed by atoms with E-state index in [1.165, 1.54) is 12.1 Å². The molecule has 0 aromatic heterocycles. The molecule has 0 atom stereocenters. The first-order chi connectivity index (χ1) is 10.0. The van der Waals surface area contributed by atoms with Crippen LogP contribution in [0.15, 0.2) is 42.5 Å². The first kappa shape index (κ1) is 14.1. The molecule has 108 valence electrons. The number of benzene rings is 2. The number of carboxylic acid groups (broad SMARTS) is 1. The Kier molecular flexibility index (Phi) is 3.46. The Bertz CT molecular complexity index is 666. The second kappa shape index (κ2) is 5.15. The Hall–Kier alpha value is -1.87. The van der Waals surface area contributed by atoms with Gasteiger partial charge < -0.3 is 5.11 Å². The Morgan fingerprint density at radius 2 is 1.76 bits per heavy atom. The molecule has 2 aromatic carbocycles. The molecule has 0 aliphatic heterocycles. The van der Waals surface area contributed by atoms with Crippen LogP contribution < -0.4 is 0 Å². The fourth-order valence-electron chi connectivity index (χ4n) is 3.09. The van der Waals surface area contributed by atoms with Gasteiger partial charge in [0.05, 0.1) is 5.41 Å². The molecule has 3 rings (SSSR count). The number of carbonyl (C=O) groups is 1. The predicted molar refractivity (Wildman–Crippen MR) is 79.0 cm³/mol. The molecular weight excluding hydrogens is 291 g/mol. The van der Waals surface area contributed by atoms with Gasteiger partial charge in [-0.3, -0.25) is 4.79 Å². The van der Waals surface area contributed by atoms with Crippen molar-refractivity contribution in [2.45, 2.75) is 19.3 Å². The van der Waals surface area contributed by atoms with Gasteiger partial charge in [-0.25, -0.2) is 4.39 Å². The molecule has 0 saturated heterocycles. The minimum atomic E-state index is -1.02. The van der Waals surface area contributed by atoms with Gasteiger partial charge in [-0.05, 0) is 42.5 Å². The van der Waals surface area contributed by atoms with Crippen molar-refractivity contribution in [3.63, 3.8) is 0 Å². The summed E-state index contributed by atoms with van der Waals surface area (Å²) < 4.78 is 14.0. The monoisotopic (exact) mass is 304 g/mol. The molecule has 1 aliphatic carbocycles. The van der Waals surface area contributed by atoms with E-state index in [1.54, 1.807) is 6.07 Å². The summed E-state index contributed by atoms with van der Waals surface area (Å²) in [7, 11) is 0. The van der Waals surface area contributed by atoms with E-state index < -0.39 is 17.2 Å². The highest BCUT2D eigenvalue weighted by atomic mass is 35.5. The number of hydrogen-bond donors (Lipinski definition) is 1. The van der Waals surface area contributed by atoms with Gasteiger partial charge in [-0.1, -0.05) is 41.9 Å². The van der Waals surface area contributed by atoms with Crippen LogP contribution in [0.5, 0.6) is 0 Å². The molecule has 0 heterocycles. The van der Waals surface area contributed by atoms with E-state index in [0.29, 0.717) is 12.8 Å². The predicted octanol–water partition coefficient (Wildman–Crippen LogP) is 3.89. The van der Waals surface area contributed by atoms with Crippen molar-refractivity contribution in [2.24, 2.45) is 5.41 Å². The molecule has 0 spiro atoms. The van der Waals surface area contributed by atoms with Gasteiger partial charge in [0.15, 0.2) is 0 Å². The summed E-state index contributed by atoms with van der Waals surface area (Å²) in [6.45, 7) is 0. The summed E-state index contributed by atoms with van der Waals surface area (Å²) in [6, 6.07) is 12.1. The third kappa shape index (κ3) is 2.42. The maximum absolute atomic E-state index is 14.0. The number of halogens is 2. The van der Waals surface area contributed by atoms with Gasteiger partial charge in [0, 0.05) is 10.6 Å². The average molecular weight is 305 g/mol. The van der Waals surface area contributed by atoms with Crippen molar-refractivity contribution in [1.82, 2.24) is 0 Å². The molecule has 0 bridgehead atoms. The van der Waals surface area contributed by atoms with Crippen LogP contribution in [-0.4, -0.2) is 11.1 Å². The van der Waals surface area contributed by atoms with Crippen molar-refractivity contribution in [3.05, 3.63) is 70.0 Å². The van der Waals surface area contributed by atoms with E-state index >= 15 is 0 Å². The Morgan fingerprint density at radius 1 is 1.14 bits per heavy atom. The van der Waals surface area contributed by atoms with Crippen molar-refractivity contribution < 1.29 is 14.3 Å². The van der Waals surface area contributed by atoms with Crippen LogP contribution in [0.2, 0.25) is 5.02 Å². The van der Waals surface area contributed by atoms with Crippen LogP contribution >= 0.6 is 11.6 Å². The Balaban J connectivity index is 2.00. The largest absolute Gasteiger partial charge is 0.481 e. The summed E-state index contributed by atoms with van der Waals surface area (Å²) in [6.07, 6.45) is 0.912. The second-order valence-corrected chi connectivity index (χ2v) is 5.99. The molecule has 2 nitrogen and oxygen atoms in total. The van der Waals surface area contributed by atoms with E-state index in [0.717, 1.165) is 11.1 Å². The first-order valence-electron chi connectivity index (χ1n) is 6.75. The summed E-state index contributed by atoms with van der Waals surface area (Å²) in [5, 5.41) is 10.00. The van der Waals surface area contributed by atoms with Crippen LogP contribution in [0.1, 0.15) is 16.7 Å². The molecule has 0 radical (unpaired) electrons. The van der Waals surface area contributed by atoms with E-state index in [-0.39, 0.29) is 17.0 Å². The molecule has 0 saturated carbocycles. The molecule has 0 unspecified atom stereocenters. The zero-order chi connectivity index (χ0) is 15.0. The van der Waals surface area contributed by atoms with E-state index in [9.17, 15) is 14.3 Å². The zero-order valence-corrected chi connectivity index (χ0v) is 12.0. The highest BCUT2D eigenvalue weighted by molar-refractivity contribution is 6.31. The lowest BCUT2D eigenvalue weighted by molar-refractivity contribution is -0.148. The lowest BCUT2D eigenvalue weighted by atomic mass is 9.79. The van der Waals surface area contributed by atoms with Crippen LogP contribution in [0.4, 0.5) is 4.39 Å². The van der Waals surface area contributed by atoms with Gasteiger partial charge in [-0.2, -0.15) is 0 Å². The summed E-state index contributed by atoms with van der Waals surface area (Å²) in [4.78, 5) is 11.9. The van der Waals surface area contributed by atoms with Gasteiger partial charge in [0.25, 0.3) is 0 Å². The molecule has 4 heteroatoms. The standard InChI is InChI=1S/C17H14ClFO2/c18-14-6-3-7-15(19)13(14)10-17(16(20)21)8-11-4-1-2-5-12(11)9-17/h1-7H,8-10H2,(H,20,21). The quantitative estimate of drug-likeness (QED) is 0.934. The number of carboxylic acids is 1. The molecule has 1 aliphatic rings. The van der Waals surface area contributed by atoms with Gasteiger partial charge in [0.2, 0.25) is 0 Å². The highest BCUT2D eigenvalue weighted by Crippen LogP contribution is 2.41. The van der Waals surface area contributed by atoms with Crippen LogP contribution in [0, 0.1) is 11.2 Å². The number of hydrogen-bond acceptors (Lipinski definition) is 1. The van der Waals surface area contributed by atoms with Gasteiger partial charge >= 0.3 is 5.97 Å². The van der Waals surface area contributed by atoms with Gasteiger partial charge in [0.1, 0.15) is 5.82 Å². The fourth-order valence-corrected chi connectivity index (χ4v) is 3.32. The summed E-state index contributed by atoms with van der Waals surface area (Å²) in [5.74, 6) is -1.35. The second-order valence-electron chi connectivity index (χ2n) is 5.58. The first-order valence-corrected chi connectivity index (χ1v) is 7.13. The Morgan fingerprint density at radius 3 is 2.29 bits per heavy atom. The smallest absolute Gasteiger partial charge is 0.310 e.